The molecule has 0 atom stereocenters. The van der Waals surface area contributed by atoms with E-state index in [0.29, 0.717) is 5.56 Å². The van der Waals surface area contributed by atoms with Crippen LogP contribution in [0.25, 0.3) is 54.6 Å². The number of fused-ring (bicyclic) bond motifs is 3. The molecule has 0 spiro atoms. The quantitative estimate of drug-likeness (QED) is 0.284. The molecule has 0 fully saturated rings. The topological polar surface area (TPSA) is 53.4 Å². The second-order valence-electron chi connectivity index (χ2n) is 7.62. The maximum absolute atomic E-state index is 9.56. The molecule has 0 unspecified atom stereocenters. The van der Waals surface area contributed by atoms with E-state index in [4.69, 9.17) is 11.0 Å². The smallest absolute Gasteiger partial charge is 0.422 e. The molecule has 0 aliphatic rings. The van der Waals surface area contributed by atoms with Crippen LogP contribution >= 0.6 is 0 Å². The fraction of sp³-hybridized carbons (Fsp3) is 0. The van der Waals surface area contributed by atoms with Crippen LogP contribution in [0.5, 0.6) is 0 Å². The molecule has 2 N–H and O–H groups in total. The maximum Gasteiger partial charge on any atom is 0.508 e. The zero-order valence-corrected chi connectivity index (χ0v) is 17.2. The molecule has 0 radical (unpaired) electrons. The van der Waals surface area contributed by atoms with Crippen molar-refractivity contribution in [2.24, 2.45) is 0 Å². The summed E-state index contributed by atoms with van der Waals surface area (Å²) >= 11 is 0. The third kappa shape index (κ3) is 3.20. The zero-order chi connectivity index (χ0) is 29.3. The molecule has 0 aliphatic carbocycles. The number of nitrogens with zero attached hydrogens (tertiary/aromatic N) is 1. The first-order chi connectivity index (χ1) is 19.5. The van der Waals surface area contributed by atoms with Gasteiger partial charge in [0, 0.05) is 11.8 Å². The van der Waals surface area contributed by atoms with E-state index in [9.17, 15) is 10.0 Å². The van der Waals surface area contributed by atoms with E-state index >= 15 is 0 Å². The van der Waals surface area contributed by atoms with E-state index in [1.54, 1.807) is 12.1 Å². The first-order valence-corrected chi connectivity index (χ1v) is 10.3. The Morgan fingerprint density at radius 3 is 1.85 bits per heavy atom. The van der Waals surface area contributed by atoms with Crippen molar-refractivity contribution in [3.63, 3.8) is 0 Å². The fourth-order valence-electron chi connectivity index (χ4n) is 4.33. The predicted molar refractivity (Wildman–Crippen MR) is 137 cm³/mol. The number of rotatable bonds is 3. The largest absolute Gasteiger partial charge is 0.508 e. The monoisotopic (exact) mass is 433 g/mol. The summed E-state index contributed by atoms with van der Waals surface area (Å²) in [5.41, 5.74) is 1.19. The summed E-state index contributed by atoms with van der Waals surface area (Å²) < 4.78 is 69.9. The highest BCUT2D eigenvalue weighted by Crippen LogP contribution is 2.44. The van der Waals surface area contributed by atoms with Gasteiger partial charge in [0.25, 0.3) is 0 Å². The minimum atomic E-state index is -1.85. The Balaban J connectivity index is 1.99. The summed E-state index contributed by atoms with van der Waals surface area (Å²) in [7, 11) is -1.85. The Kier molecular flexibility index (Phi) is 3.07. The van der Waals surface area contributed by atoms with Crippen molar-refractivity contribution in [3.8, 4) is 22.3 Å². The van der Waals surface area contributed by atoms with Crippen LogP contribution in [-0.2, 0) is 0 Å². The van der Waals surface area contributed by atoms with E-state index in [-0.39, 0.29) is 68.0 Å². The van der Waals surface area contributed by atoms with E-state index < -0.39 is 31.3 Å². The number of hydrogen-bond acceptors (Lipinski definition) is 3. The van der Waals surface area contributed by atoms with Crippen molar-refractivity contribution >= 4 is 45.0 Å². The van der Waals surface area contributed by atoms with Crippen LogP contribution in [-0.4, -0.2) is 22.2 Å². The van der Waals surface area contributed by atoms with Crippen LogP contribution in [0.4, 0.5) is 0 Å². The molecule has 33 heavy (non-hydrogen) atoms. The lowest BCUT2D eigenvalue weighted by Gasteiger charge is -2.18. The van der Waals surface area contributed by atoms with Gasteiger partial charge in [-0.2, -0.15) is 0 Å². The van der Waals surface area contributed by atoms with Gasteiger partial charge in [0.1, 0.15) is 0 Å². The van der Waals surface area contributed by atoms with Gasteiger partial charge in [-0.1, -0.05) is 96.9 Å². The highest BCUT2D eigenvalue weighted by Gasteiger charge is 2.18. The molecule has 6 rings (SSSR count). The Hall–Kier alpha value is -3.99. The number of aromatic nitrogens is 1. The van der Waals surface area contributed by atoms with E-state index in [1.165, 1.54) is 18.3 Å². The normalized spacial score (nSPS) is 14.7. The molecule has 4 heteroatoms. The van der Waals surface area contributed by atoms with Crippen LogP contribution in [0.15, 0.2) is 109 Å². The van der Waals surface area contributed by atoms with E-state index in [0.717, 1.165) is 10.8 Å². The lowest BCUT2D eigenvalue weighted by molar-refractivity contribution is 0.424. The molecule has 0 saturated heterocycles. The first kappa shape index (κ1) is 12.9. The number of benzene rings is 5. The Bertz CT molecular complexity index is 1980. The summed E-state index contributed by atoms with van der Waals surface area (Å²) in [4.78, 5) is 4.09. The Morgan fingerprint density at radius 1 is 0.636 bits per heavy atom. The molecule has 0 amide bonds. The van der Waals surface area contributed by atoms with Gasteiger partial charge in [0.15, 0.2) is 0 Å². The SMILES string of the molecule is [2H]c1c([2H])c([2H])c2c(-c3cccc4ccccc34)c3c([2H])c([2H])c([2H])c([2H])c3c(-c3ccc(B(O)O)nc3)c2c1[2H]. The minimum absolute atomic E-state index is 0.0569. The zero-order valence-electron chi connectivity index (χ0n) is 25.2. The highest BCUT2D eigenvalue weighted by atomic mass is 16.4. The second-order valence-corrected chi connectivity index (χ2v) is 7.62. The van der Waals surface area contributed by atoms with Crippen molar-refractivity contribution < 1.29 is 21.0 Å². The highest BCUT2D eigenvalue weighted by molar-refractivity contribution is 6.57. The van der Waals surface area contributed by atoms with Gasteiger partial charge in [0.2, 0.25) is 0 Å². The molecule has 0 saturated carbocycles. The maximum atomic E-state index is 9.56. The molecule has 5 aromatic carbocycles. The van der Waals surface area contributed by atoms with Crippen molar-refractivity contribution in [3.05, 3.63) is 109 Å². The number of pyridine rings is 1. The molecular weight excluding hydrogens is 405 g/mol. The second kappa shape index (κ2) is 7.86. The van der Waals surface area contributed by atoms with Gasteiger partial charge in [-0.3, -0.25) is 4.98 Å². The van der Waals surface area contributed by atoms with Gasteiger partial charge < -0.3 is 10.0 Å². The molecule has 1 heterocycles. The molecule has 1 aromatic heterocycles. The summed E-state index contributed by atoms with van der Waals surface area (Å²) in [6.45, 7) is 0. The van der Waals surface area contributed by atoms with Crippen LogP contribution in [0.2, 0.25) is 0 Å². The predicted octanol–water partition coefficient (Wildman–Crippen LogP) is 5.56. The summed E-state index contributed by atoms with van der Waals surface area (Å²) in [6.07, 6.45) is 1.29. The third-order valence-electron chi connectivity index (χ3n) is 5.77. The van der Waals surface area contributed by atoms with Crippen LogP contribution in [0.3, 0.4) is 0 Å². The van der Waals surface area contributed by atoms with Gasteiger partial charge >= 0.3 is 7.12 Å². The molecule has 0 aliphatic heterocycles. The summed E-state index contributed by atoms with van der Waals surface area (Å²) in [5, 5.41) is 21.1. The lowest BCUT2D eigenvalue weighted by atomic mass is 9.83. The van der Waals surface area contributed by atoms with Crippen molar-refractivity contribution in [2.75, 3.05) is 0 Å². The molecule has 6 aromatic rings. The minimum Gasteiger partial charge on any atom is -0.422 e. The standard InChI is InChI=1S/C29H20BNO2/c32-30(33)27-17-16-20(18-31-27)28-23-11-3-5-13-25(23)29(26-14-6-4-12-24(26)28)22-15-7-9-19-8-1-2-10-21(19)22/h1-18,32-33H/i3D,4D,5D,6D,11D,12D,13D,14D. The summed E-state index contributed by atoms with van der Waals surface area (Å²) in [5.74, 6) is 0. The Labute approximate surface area is 203 Å². The third-order valence-corrected chi connectivity index (χ3v) is 5.77. The van der Waals surface area contributed by atoms with E-state index in [2.05, 4.69) is 4.98 Å². The van der Waals surface area contributed by atoms with Crippen molar-refractivity contribution in [1.29, 1.82) is 0 Å². The van der Waals surface area contributed by atoms with Gasteiger partial charge in [0.05, 0.1) is 16.6 Å². The molecule has 0 bridgehead atoms. The van der Waals surface area contributed by atoms with Crippen molar-refractivity contribution in [1.82, 2.24) is 4.98 Å². The van der Waals surface area contributed by atoms with Crippen LogP contribution in [0, 0.1) is 0 Å². The average molecular weight is 433 g/mol. The lowest BCUT2D eigenvalue weighted by Crippen LogP contribution is -2.32. The molecular formula is C29H20BNO2. The molecule has 3 nitrogen and oxygen atoms in total. The van der Waals surface area contributed by atoms with Gasteiger partial charge in [-0.25, -0.2) is 0 Å². The average Bonchev–Trinajstić information content (AvgIpc) is 2.99. The Morgan fingerprint density at radius 2 is 1.24 bits per heavy atom. The van der Waals surface area contributed by atoms with E-state index in [1.807, 2.05) is 30.3 Å². The summed E-state index contributed by atoms with van der Waals surface area (Å²) in [6, 6.07) is 12.3. The fourth-order valence-corrected chi connectivity index (χ4v) is 4.33. The van der Waals surface area contributed by atoms with Gasteiger partial charge in [-0.15, -0.1) is 0 Å². The van der Waals surface area contributed by atoms with Crippen LogP contribution < -0.4 is 5.59 Å². The first-order valence-electron chi connectivity index (χ1n) is 14.3. The number of hydrogen-bond donors (Lipinski definition) is 2. The molecule has 156 valence electrons. The van der Waals surface area contributed by atoms with Crippen molar-refractivity contribution in [2.45, 2.75) is 0 Å². The van der Waals surface area contributed by atoms with Gasteiger partial charge in [-0.05, 0) is 55.1 Å². The van der Waals surface area contributed by atoms with Crippen LogP contribution in [0.1, 0.15) is 11.0 Å².